The molecule has 4 aromatic rings. The number of fused-ring (bicyclic) bond motifs is 3. The van der Waals surface area contributed by atoms with Crippen molar-refractivity contribution >= 4 is 34.5 Å². The molecule has 3 nitrogen and oxygen atoms in total. The SMILES string of the molecule is [2H]c1c([2H])c([2H])c(-c2cc(B3OC(C)(C)C(C)(C)O3)c3c(c2)oc2ccccc23)c([2H])c1[2H]. The van der Waals surface area contributed by atoms with Gasteiger partial charge in [-0.25, -0.2) is 0 Å². The van der Waals surface area contributed by atoms with Crippen molar-refractivity contribution in [2.75, 3.05) is 0 Å². The molecule has 5 rings (SSSR count). The van der Waals surface area contributed by atoms with Crippen molar-refractivity contribution in [3.8, 4) is 11.1 Å². The summed E-state index contributed by atoms with van der Waals surface area (Å²) in [6, 6.07) is 9.43. The highest BCUT2D eigenvalue weighted by Crippen LogP contribution is 2.39. The third-order valence-electron chi connectivity index (χ3n) is 5.80. The summed E-state index contributed by atoms with van der Waals surface area (Å²) in [6.07, 6.45) is 0. The van der Waals surface area contributed by atoms with Crippen LogP contribution in [0.4, 0.5) is 0 Å². The van der Waals surface area contributed by atoms with Crippen LogP contribution in [0.2, 0.25) is 0 Å². The average Bonchev–Trinajstić information content (AvgIpc) is 3.23. The second-order valence-electron chi connectivity index (χ2n) is 8.13. The Hall–Kier alpha value is -2.56. The molecule has 0 atom stereocenters. The van der Waals surface area contributed by atoms with E-state index in [-0.39, 0.29) is 29.7 Å². The minimum Gasteiger partial charge on any atom is -0.456 e. The fourth-order valence-electron chi connectivity index (χ4n) is 3.58. The Labute approximate surface area is 172 Å². The molecule has 0 spiro atoms. The number of hydrogen-bond donors (Lipinski definition) is 0. The van der Waals surface area contributed by atoms with Gasteiger partial charge in [-0.15, -0.1) is 0 Å². The van der Waals surface area contributed by atoms with Crippen molar-refractivity contribution in [3.05, 3.63) is 66.6 Å². The molecule has 1 saturated heterocycles. The molecular formula is C24H23BO3. The summed E-state index contributed by atoms with van der Waals surface area (Å²) >= 11 is 0. The number of hydrogen-bond acceptors (Lipinski definition) is 3. The van der Waals surface area contributed by atoms with E-state index in [2.05, 4.69) is 0 Å². The van der Waals surface area contributed by atoms with E-state index in [0.717, 1.165) is 10.8 Å². The van der Waals surface area contributed by atoms with E-state index in [1.807, 2.05) is 52.0 Å². The molecule has 0 bridgehead atoms. The second-order valence-corrected chi connectivity index (χ2v) is 8.13. The van der Waals surface area contributed by atoms with E-state index in [1.54, 1.807) is 12.1 Å². The molecule has 3 aromatic carbocycles. The average molecular weight is 375 g/mol. The molecule has 0 aliphatic carbocycles. The van der Waals surface area contributed by atoms with Crippen molar-refractivity contribution in [2.45, 2.75) is 38.9 Å². The van der Waals surface area contributed by atoms with Crippen LogP contribution in [0.3, 0.4) is 0 Å². The molecule has 1 aromatic heterocycles. The third kappa shape index (κ3) is 2.60. The molecule has 0 radical (unpaired) electrons. The first kappa shape index (κ1) is 12.8. The van der Waals surface area contributed by atoms with Gasteiger partial charge in [-0.1, -0.05) is 54.5 Å². The highest BCUT2D eigenvalue weighted by atomic mass is 16.7. The first-order valence-electron chi connectivity index (χ1n) is 11.8. The molecule has 1 aliphatic heterocycles. The number of benzene rings is 3. The van der Waals surface area contributed by atoms with Gasteiger partial charge in [0.1, 0.15) is 11.2 Å². The van der Waals surface area contributed by atoms with Gasteiger partial charge in [-0.2, -0.15) is 0 Å². The van der Waals surface area contributed by atoms with Crippen LogP contribution in [-0.2, 0) is 9.31 Å². The summed E-state index contributed by atoms with van der Waals surface area (Å²) in [7, 11) is -0.719. The van der Waals surface area contributed by atoms with Crippen LogP contribution < -0.4 is 5.46 Å². The lowest BCUT2D eigenvalue weighted by Gasteiger charge is -2.32. The monoisotopic (exact) mass is 375 g/mol. The standard InChI is InChI=1S/C24H23BO3/c1-23(2)24(3,4)28-25(27-23)19-14-17(16-10-6-5-7-11-16)15-21-22(19)18-12-8-9-13-20(18)26-21/h5-15H,1-4H3/i5D,6D,7D,10D,11D. The van der Waals surface area contributed by atoms with Crippen molar-refractivity contribution in [1.29, 1.82) is 0 Å². The zero-order valence-corrected chi connectivity index (χ0v) is 16.3. The Morgan fingerprint density at radius 1 is 0.821 bits per heavy atom. The van der Waals surface area contributed by atoms with Gasteiger partial charge >= 0.3 is 7.12 Å². The van der Waals surface area contributed by atoms with Crippen LogP contribution in [0.1, 0.15) is 34.5 Å². The maximum Gasteiger partial charge on any atom is 0.495 e. The topological polar surface area (TPSA) is 31.6 Å². The smallest absolute Gasteiger partial charge is 0.456 e. The number of furan rings is 1. The van der Waals surface area contributed by atoms with Gasteiger partial charge in [0.25, 0.3) is 0 Å². The summed E-state index contributed by atoms with van der Waals surface area (Å²) in [5.74, 6) is 0. The van der Waals surface area contributed by atoms with Gasteiger partial charge < -0.3 is 13.7 Å². The van der Waals surface area contributed by atoms with Crippen LogP contribution in [-0.4, -0.2) is 18.3 Å². The molecule has 1 aliphatic rings. The lowest BCUT2D eigenvalue weighted by atomic mass is 9.75. The van der Waals surface area contributed by atoms with E-state index in [9.17, 15) is 0 Å². The van der Waals surface area contributed by atoms with Crippen molar-refractivity contribution in [3.63, 3.8) is 0 Å². The van der Waals surface area contributed by atoms with Crippen LogP contribution in [0.25, 0.3) is 33.1 Å². The predicted molar refractivity (Wildman–Crippen MR) is 115 cm³/mol. The maximum atomic E-state index is 8.43. The summed E-state index contributed by atoms with van der Waals surface area (Å²) in [5, 5.41) is 1.71. The van der Waals surface area contributed by atoms with E-state index in [1.165, 1.54) is 0 Å². The summed E-state index contributed by atoms with van der Waals surface area (Å²) in [5.41, 5.74) is 1.32. The van der Waals surface area contributed by atoms with Crippen LogP contribution in [0.15, 0.2) is 71.0 Å². The van der Waals surface area contributed by atoms with Crippen molar-refractivity contribution < 1.29 is 20.6 Å². The lowest BCUT2D eigenvalue weighted by molar-refractivity contribution is 0.00578. The van der Waals surface area contributed by atoms with Gasteiger partial charge in [0.05, 0.1) is 18.1 Å². The third-order valence-corrected chi connectivity index (χ3v) is 5.80. The zero-order chi connectivity index (χ0) is 23.9. The van der Waals surface area contributed by atoms with E-state index in [0.29, 0.717) is 22.2 Å². The molecule has 1 fully saturated rings. The fourth-order valence-corrected chi connectivity index (χ4v) is 3.58. The molecule has 28 heavy (non-hydrogen) atoms. The van der Waals surface area contributed by atoms with Gasteiger partial charge in [0, 0.05) is 10.8 Å². The second kappa shape index (κ2) is 5.97. The minimum absolute atomic E-state index is 0.112. The number of para-hydroxylation sites is 1. The molecule has 2 heterocycles. The zero-order valence-electron chi connectivity index (χ0n) is 21.3. The van der Waals surface area contributed by atoms with Crippen molar-refractivity contribution in [1.82, 2.24) is 0 Å². The Balaban J connectivity index is 1.84. The Kier molecular flexibility index (Phi) is 2.73. The highest BCUT2D eigenvalue weighted by Gasteiger charge is 2.52. The summed E-state index contributed by atoms with van der Waals surface area (Å²) < 4.78 is 59.7. The highest BCUT2D eigenvalue weighted by molar-refractivity contribution is 6.66. The van der Waals surface area contributed by atoms with Gasteiger partial charge in [-0.05, 0) is 56.4 Å². The largest absolute Gasteiger partial charge is 0.495 e. The molecule has 0 amide bonds. The van der Waals surface area contributed by atoms with Crippen LogP contribution in [0.5, 0.6) is 0 Å². The molecular weight excluding hydrogens is 347 g/mol. The minimum atomic E-state index is -0.719. The molecule has 0 N–H and O–H groups in total. The molecule has 0 saturated carbocycles. The van der Waals surface area contributed by atoms with Gasteiger partial charge in [0.2, 0.25) is 0 Å². The van der Waals surface area contributed by atoms with Gasteiger partial charge in [0.15, 0.2) is 0 Å². The lowest BCUT2D eigenvalue weighted by Crippen LogP contribution is -2.41. The quantitative estimate of drug-likeness (QED) is 0.431. The Bertz CT molecular complexity index is 1400. The first-order chi connectivity index (χ1) is 15.4. The van der Waals surface area contributed by atoms with E-state index < -0.39 is 24.4 Å². The van der Waals surface area contributed by atoms with Crippen LogP contribution >= 0.6 is 0 Å². The predicted octanol–water partition coefficient (Wildman–Crippen LogP) is 5.55. The summed E-state index contributed by atoms with van der Waals surface area (Å²) in [4.78, 5) is 0. The first-order valence-corrected chi connectivity index (χ1v) is 9.31. The van der Waals surface area contributed by atoms with Crippen LogP contribution in [0, 0.1) is 0 Å². The van der Waals surface area contributed by atoms with E-state index >= 15 is 0 Å². The molecule has 4 heteroatoms. The van der Waals surface area contributed by atoms with E-state index in [4.69, 9.17) is 20.6 Å². The fraction of sp³-hybridized carbons (Fsp3) is 0.250. The normalized spacial score (nSPS) is 20.7. The molecule has 0 unspecified atom stereocenters. The number of rotatable bonds is 2. The molecule has 140 valence electrons. The van der Waals surface area contributed by atoms with Gasteiger partial charge in [-0.3, -0.25) is 0 Å². The Morgan fingerprint density at radius 2 is 1.50 bits per heavy atom. The Morgan fingerprint density at radius 3 is 2.21 bits per heavy atom. The maximum absolute atomic E-state index is 8.43. The summed E-state index contributed by atoms with van der Waals surface area (Å²) in [6.45, 7) is 7.88. The van der Waals surface area contributed by atoms with Crippen molar-refractivity contribution in [2.24, 2.45) is 0 Å².